The molecule has 4 heterocycles. The summed E-state index contributed by atoms with van der Waals surface area (Å²) in [6.07, 6.45) is 7.60. The van der Waals surface area contributed by atoms with Crippen LogP contribution in [0.3, 0.4) is 0 Å². The summed E-state index contributed by atoms with van der Waals surface area (Å²) in [6.45, 7) is 5.29. The lowest BCUT2D eigenvalue weighted by Gasteiger charge is -2.30. The lowest BCUT2D eigenvalue weighted by Crippen LogP contribution is -2.51. The Morgan fingerprint density at radius 1 is 0.979 bits per heavy atom. The van der Waals surface area contributed by atoms with Crippen LogP contribution in [0.1, 0.15) is 80.8 Å². The van der Waals surface area contributed by atoms with Crippen LogP contribution in [-0.2, 0) is 15.5 Å². The molecule has 4 aromatic rings. The average Bonchev–Trinajstić information content (AvgIpc) is 3.69. The molecule has 250 valence electrons. The van der Waals surface area contributed by atoms with E-state index in [4.69, 9.17) is 4.74 Å². The Bertz CT molecular complexity index is 1910. The molecular formula is C36H39F2N7O3. The zero-order valence-corrected chi connectivity index (χ0v) is 27.2. The Morgan fingerprint density at radius 2 is 1.60 bits per heavy atom. The largest absolute Gasteiger partial charge is 0.453 e. The molecule has 2 amide bonds. The Hall–Kier alpha value is -4.58. The fourth-order valence-electron chi connectivity index (χ4n) is 7.74. The molecular weight excluding hydrogens is 616 g/mol. The number of aromatic amines is 2. The van der Waals surface area contributed by atoms with E-state index >= 15 is 8.78 Å². The van der Waals surface area contributed by atoms with Crippen molar-refractivity contribution < 1.29 is 23.1 Å². The summed E-state index contributed by atoms with van der Waals surface area (Å²) >= 11 is 0. The quantitative estimate of drug-likeness (QED) is 0.181. The lowest BCUT2D eigenvalue weighted by molar-refractivity contribution is -0.135. The van der Waals surface area contributed by atoms with Gasteiger partial charge in [-0.15, -0.1) is 0 Å². The summed E-state index contributed by atoms with van der Waals surface area (Å²) in [5.41, 5.74) is 3.57. The maximum absolute atomic E-state index is 16.2. The predicted molar refractivity (Wildman–Crippen MR) is 175 cm³/mol. The van der Waals surface area contributed by atoms with E-state index in [2.05, 4.69) is 30.6 Å². The number of imidazole rings is 2. The highest BCUT2D eigenvalue weighted by molar-refractivity contribution is 5.87. The van der Waals surface area contributed by atoms with Crippen LogP contribution in [0.25, 0.3) is 33.6 Å². The molecule has 2 aromatic heterocycles. The molecule has 3 fully saturated rings. The topological polar surface area (TPSA) is 128 Å². The molecule has 8 rings (SSSR count). The molecule has 2 aromatic carbocycles. The number of carbonyl (C=O) groups is 2. The third-order valence-electron chi connectivity index (χ3n) is 10.7. The van der Waals surface area contributed by atoms with Gasteiger partial charge in [-0.05, 0) is 73.2 Å². The molecule has 12 heteroatoms. The van der Waals surface area contributed by atoms with Crippen LogP contribution in [0.15, 0.2) is 48.8 Å². The van der Waals surface area contributed by atoms with E-state index in [1.165, 1.54) is 7.11 Å². The van der Waals surface area contributed by atoms with Crippen molar-refractivity contribution in [1.29, 1.82) is 0 Å². The Morgan fingerprint density at radius 3 is 2.17 bits per heavy atom. The molecule has 4 aliphatic rings. The van der Waals surface area contributed by atoms with E-state index in [1.807, 2.05) is 30.9 Å². The van der Waals surface area contributed by atoms with Gasteiger partial charge in [-0.2, -0.15) is 8.78 Å². The molecule has 2 aliphatic heterocycles. The van der Waals surface area contributed by atoms with Crippen molar-refractivity contribution in [3.63, 3.8) is 0 Å². The van der Waals surface area contributed by atoms with E-state index in [0.717, 1.165) is 44.5 Å². The number of methoxy groups -OCH3 is 1. The Balaban J connectivity index is 1.06. The van der Waals surface area contributed by atoms with Gasteiger partial charge in [0.2, 0.25) is 5.91 Å². The van der Waals surface area contributed by atoms with Crippen molar-refractivity contribution >= 4 is 12.0 Å². The highest BCUT2D eigenvalue weighted by atomic mass is 19.3. The number of halogens is 2. The normalized spacial score (nSPS) is 22.2. The van der Waals surface area contributed by atoms with Crippen molar-refractivity contribution in [3.05, 3.63) is 71.6 Å². The van der Waals surface area contributed by atoms with Gasteiger partial charge in [0, 0.05) is 28.8 Å². The van der Waals surface area contributed by atoms with Crippen molar-refractivity contribution in [1.82, 2.24) is 35.5 Å². The third-order valence-corrected chi connectivity index (χ3v) is 10.7. The predicted octanol–water partition coefficient (Wildman–Crippen LogP) is 6.45. The minimum atomic E-state index is -3.19. The number of ether oxygens (including phenoxy) is 1. The SMILES string of the molecule is COC(=O)N[C@H](C(=O)N1CC2(CC2)C[C@H]1c1ncc(-c2ccc3c(c2)C(F)(F)c2cc(-c4cnc([C@@H]5CCCN5)[nH]4)ccc2-3)[nH]1)C(C)C. The summed E-state index contributed by atoms with van der Waals surface area (Å²) in [4.78, 5) is 43.5. The summed E-state index contributed by atoms with van der Waals surface area (Å²) < 4.78 is 37.1. The van der Waals surface area contributed by atoms with Gasteiger partial charge in [-0.3, -0.25) is 4.79 Å². The molecule has 1 spiro atoms. The molecule has 1 saturated carbocycles. The van der Waals surface area contributed by atoms with E-state index in [1.54, 1.807) is 36.7 Å². The molecule has 2 aliphatic carbocycles. The standard InChI is InChI=1S/C36H39F2N7O3/c1-19(2)30(44-34(47)48-3)33(46)45-18-35(10-11-35)15-29(45)32-41-17-28(43-32)21-7-9-23-22-8-6-20(13-24(22)36(37,38)25(23)14-21)27-16-40-31(42-27)26-5-4-12-39-26/h6-9,13-14,16-17,19,26,29-30,39H,4-5,10-12,15,18H2,1-3H3,(H,40,42)(H,41,43)(H,44,47)/t26-,29-,30-/m0/s1. The van der Waals surface area contributed by atoms with E-state index in [9.17, 15) is 9.59 Å². The van der Waals surface area contributed by atoms with Gasteiger partial charge in [0.1, 0.15) is 17.7 Å². The van der Waals surface area contributed by atoms with Crippen LogP contribution in [0.4, 0.5) is 13.6 Å². The summed E-state index contributed by atoms with van der Waals surface area (Å²) in [6, 6.07) is 9.43. The number of alkyl halides is 2. The fourth-order valence-corrected chi connectivity index (χ4v) is 7.74. The maximum Gasteiger partial charge on any atom is 0.407 e. The molecule has 0 radical (unpaired) electrons. The highest BCUT2D eigenvalue weighted by Gasteiger charge is 2.55. The number of likely N-dealkylation sites (tertiary alicyclic amines) is 1. The number of carbonyl (C=O) groups excluding carboxylic acids is 2. The second kappa shape index (κ2) is 11.3. The van der Waals surface area contributed by atoms with Gasteiger partial charge in [0.05, 0.1) is 43.0 Å². The van der Waals surface area contributed by atoms with Crippen molar-refractivity contribution in [2.45, 2.75) is 70.0 Å². The fraction of sp³-hybridized carbons (Fsp3) is 0.444. The van der Waals surface area contributed by atoms with Gasteiger partial charge in [-0.1, -0.05) is 38.1 Å². The van der Waals surface area contributed by atoms with Gasteiger partial charge in [0.15, 0.2) is 0 Å². The monoisotopic (exact) mass is 655 g/mol. The van der Waals surface area contributed by atoms with Crippen LogP contribution in [0.5, 0.6) is 0 Å². The van der Waals surface area contributed by atoms with Crippen LogP contribution in [0, 0.1) is 11.3 Å². The first-order valence-electron chi connectivity index (χ1n) is 16.7. The number of aromatic nitrogens is 4. The zero-order chi connectivity index (χ0) is 33.4. The van der Waals surface area contributed by atoms with Crippen LogP contribution in [0.2, 0.25) is 0 Å². The number of hydrogen-bond donors (Lipinski definition) is 4. The minimum Gasteiger partial charge on any atom is -0.453 e. The number of nitrogens with one attached hydrogen (secondary N) is 4. The molecule has 3 atom stereocenters. The van der Waals surface area contributed by atoms with Gasteiger partial charge >= 0.3 is 6.09 Å². The van der Waals surface area contributed by atoms with Crippen LogP contribution < -0.4 is 10.6 Å². The minimum absolute atomic E-state index is 0.0253. The number of hydrogen-bond acceptors (Lipinski definition) is 6. The summed E-state index contributed by atoms with van der Waals surface area (Å²) in [7, 11) is 1.27. The number of fused-ring (bicyclic) bond motifs is 3. The average molecular weight is 656 g/mol. The first-order valence-corrected chi connectivity index (χ1v) is 16.7. The first-order chi connectivity index (χ1) is 23.1. The second-order valence-electron chi connectivity index (χ2n) is 14.2. The van der Waals surface area contributed by atoms with Crippen molar-refractivity contribution in [2.24, 2.45) is 11.3 Å². The Kier molecular flexibility index (Phi) is 7.21. The molecule has 2 saturated heterocycles. The maximum atomic E-state index is 16.2. The molecule has 10 nitrogen and oxygen atoms in total. The second-order valence-corrected chi connectivity index (χ2v) is 14.2. The summed E-state index contributed by atoms with van der Waals surface area (Å²) in [5, 5.41) is 6.11. The number of H-pyrrole nitrogens is 2. The van der Waals surface area contributed by atoms with Crippen LogP contribution >= 0.6 is 0 Å². The number of amides is 2. The zero-order valence-electron chi connectivity index (χ0n) is 27.2. The smallest absolute Gasteiger partial charge is 0.407 e. The third kappa shape index (κ3) is 5.08. The van der Waals surface area contributed by atoms with Crippen molar-refractivity contribution in [2.75, 3.05) is 20.2 Å². The summed E-state index contributed by atoms with van der Waals surface area (Å²) in [5.74, 6) is -2.09. The molecule has 4 N–H and O–H groups in total. The molecule has 0 bridgehead atoms. The lowest BCUT2D eigenvalue weighted by atomic mass is 10.0. The van der Waals surface area contributed by atoms with Gasteiger partial charge in [-0.25, -0.2) is 14.8 Å². The number of rotatable bonds is 7. The first kappa shape index (κ1) is 30.7. The van der Waals surface area contributed by atoms with E-state index < -0.39 is 18.1 Å². The van der Waals surface area contributed by atoms with E-state index in [0.29, 0.717) is 46.0 Å². The molecule has 48 heavy (non-hydrogen) atoms. The van der Waals surface area contributed by atoms with Crippen LogP contribution in [-0.4, -0.2) is 63.1 Å². The Labute approximate surface area is 277 Å². The van der Waals surface area contributed by atoms with E-state index in [-0.39, 0.29) is 40.5 Å². The van der Waals surface area contributed by atoms with Gasteiger partial charge < -0.3 is 30.2 Å². The number of alkyl carbamates (subject to hydrolysis) is 1. The number of nitrogens with zero attached hydrogens (tertiary/aromatic N) is 3. The van der Waals surface area contributed by atoms with Gasteiger partial charge in [0.25, 0.3) is 5.92 Å². The number of benzene rings is 2. The highest BCUT2D eigenvalue weighted by Crippen LogP contribution is 2.58. The van der Waals surface area contributed by atoms with Crippen molar-refractivity contribution in [3.8, 4) is 33.6 Å². The molecule has 0 unspecified atom stereocenters.